The van der Waals surface area contributed by atoms with Gasteiger partial charge in [-0.15, -0.1) is 0 Å². The van der Waals surface area contributed by atoms with Gasteiger partial charge in [-0.25, -0.2) is 4.79 Å². The monoisotopic (exact) mass is 476 g/mol. The molecule has 0 aromatic heterocycles. The maximum atomic E-state index is 11.8. The third-order valence-corrected chi connectivity index (χ3v) is 6.07. The first-order valence-electron chi connectivity index (χ1n) is 11.3. The number of ether oxygens (including phenoxy) is 1. The SMILES string of the molecule is C#[N+]N(C=NN)c1ccc(CC(O)N2CCN(CCc3ccc(C(=O)OC)c(C#N)c3)CC2)cc1. The van der Waals surface area contributed by atoms with E-state index >= 15 is 0 Å². The molecule has 0 radical (unpaired) electrons. The molecule has 182 valence electrons. The van der Waals surface area contributed by atoms with Crippen LogP contribution in [0.4, 0.5) is 5.69 Å². The van der Waals surface area contributed by atoms with Crippen LogP contribution in [-0.4, -0.2) is 73.3 Å². The number of nitriles is 1. The van der Waals surface area contributed by atoms with Crippen LogP contribution in [0.1, 0.15) is 27.0 Å². The smallest absolute Gasteiger partial charge is 0.339 e. The molecule has 3 N–H and O–H groups in total. The number of piperazine rings is 1. The lowest BCUT2D eigenvalue weighted by molar-refractivity contribution is -0.0241. The Morgan fingerprint density at radius 3 is 2.57 bits per heavy atom. The van der Waals surface area contributed by atoms with Gasteiger partial charge in [0.2, 0.25) is 0 Å². The molecule has 2 aromatic carbocycles. The number of hydrazone groups is 1. The third kappa shape index (κ3) is 6.78. The molecule has 1 aliphatic heterocycles. The van der Waals surface area contributed by atoms with Crippen molar-refractivity contribution in [3.8, 4) is 12.6 Å². The molecule has 2 aromatic rings. The number of rotatable bonds is 9. The highest BCUT2D eigenvalue weighted by molar-refractivity contribution is 5.92. The molecule has 0 aliphatic carbocycles. The molecule has 1 saturated heterocycles. The average molecular weight is 477 g/mol. The fourth-order valence-electron chi connectivity index (χ4n) is 4.05. The summed E-state index contributed by atoms with van der Waals surface area (Å²) in [4.78, 5) is 19.8. The molecule has 1 unspecified atom stereocenters. The second-order valence-electron chi connectivity index (χ2n) is 8.19. The lowest BCUT2D eigenvalue weighted by atomic mass is 10.0. The molecule has 35 heavy (non-hydrogen) atoms. The van der Waals surface area contributed by atoms with Crippen molar-refractivity contribution in [2.45, 2.75) is 19.1 Å². The number of carbonyl (C=O) groups excluding carboxylic acids is 1. The molecule has 0 spiro atoms. The van der Waals surface area contributed by atoms with Gasteiger partial charge in [0.05, 0.1) is 23.2 Å². The highest BCUT2D eigenvalue weighted by atomic mass is 16.5. The van der Waals surface area contributed by atoms with Gasteiger partial charge in [0.15, 0.2) is 6.34 Å². The van der Waals surface area contributed by atoms with E-state index in [9.17, 15) is 15.2 Å². The average Bonchev–Trinajstić information content (AvgIpc) is 2.90. The first kappa shape index (κ1) is 25.7. The zero-order valence-electron chi connectivity index (χ0n) is 19.7. The van der Waals surface area contributed by atoms with Gasteiger partial charge in [-0.1, -0.05) is 18.2 Å². The van der Waals surface area contributed by atoms with Crippen LogP contribution in [0.5, 0.6) is 0 Å². The Kier molecular flexibility index (Phi) is 9.16. The van der Waals surface area contributed by atoms with E-state index in [0.29, 0.717) is 12.0 Å². The van der Waals surface area contributed by atoms with Crippen molar-refractivity contribution >= 4 is 18.0 Å². The van der Waals surface area contributed by atoms with Gasteiger partial charge in [0, 0.05) is 44.2 Å². The summed E-state index contributed by atoms with van der Waals surface area (Å²) in [6.45, 7) is 9.37. The second kappa shape index (κ2) is 12.5. The molecular weight excluding hydrogens is 446 g/mol. The van der Waals surface area contributed by atoms with Gasteiger partial charge < -0.3 is 20.6 Å². The van der Waals surface area contributed by atoms with Crippen LogP contribution in [0.3, 0.4) is 0 Å². The quantitative estimate of drug-likeness (QED) is 0.184. The molecule has 1 heterocycles. The molecule has 10 nitrogen and oxygen atoms in total. The van der Waals surface area contributed by atoms with Crippen molar-refractivity contribution in [3.63, 3.8) is 0 Å². The van der Waals surface area contributed by atoms with Crippen LogP contribution in [-0.2, 0) is 17.6 Å². The Hall–Kier alpha value is -3.96. The number of hydrogen-bond donors (Lipinski definition) is 2. The number of aliphatic hydroxyl groups excluding tert-OH is 1. The predicted molar refractivity (Wildman–Crippen MR) is 134 cm³/mol. The number of nitrogens with zero attached hydrogens (tertiary/aromatic N) is 6. The minimum Gasteiger partial charge on any atom is -0.465 e. The maximum Gasteiger partial charge on any atom is 0.339 e. The third-order valence-electron chi connectivity index (χ3n) is 6.07. The van der Waals surface area contributed by atoms with E-state index < -0.39 is 12.2 Å². The van der Waals surface area contributed by atoms with Crippen molar-refractivity contribution in [2.75, 3.05) is 44.8 Å². The molecule has 3 rings (SSSR count). The zero-order valence-corrected chi connectivity index (χ0v) is 19.7. The normalized spacial score (nSPS) is 15.3. The summed E-state index contributed by atoms with van der Waals surface area (Å²) in [5, 5.41) is 24.8. The largest absolute Gasteiger partial charge is 0.465 e. The van der Waals surface area contributed by atoms with E-state index in [1.54, 1.807) is 12.1 Å². The lowest BCUT2D eigenvalue weighted by Crippen LogP contribution is -2.51. The van der Waals surface area contributed by atoms with Crippen LogP contribution in [0.25, 0.3) is 4.95 Å². The van der Waals surface area contributed by atoms with Crippen LogP contribution in [0.15, 0.2) is 47.6 Å². The number of aliphatic hydroxyl groups is 1. The van der Waals surface area contributed by atoms with Crippen molar-refractivity contribution in [1.29, 1.82) is 5.26 Å². The summed E-state index contributed by atoms with van der Waals surface area (Å²) in [7, 11) is 1.30. The number of nitrogens with two attached hydrogens (primary N) is 1. The van der Waals surface area contributed by atoms with E-state index in [1.165, 1.54) is 18.5 Å². The molecule has 1 fully saturated rings. The Morgan fingerprint density at radius 1 is 1.29 bits per heavy atom. The summed E-state index contributed by atoms with van der Waals surface area (Å²) < 4.78 is 4.73. The highest BCUT2D eigenvalue weighted by Gasteiger charge is 2.23. The van der Waals surface area contributed by atoms with Gasteiger partial charge in [-0.05, 0) is 41.8 Å². The second-order valence-corrected chi connectivity index (χ2v) is 8.19. The maximum absolute atomic E-state index is 11.8. The van der Waals surface area contributed by atoms with Crippen LogP contribution in [0, 0.1) is 17.9 Å². The number of hydrogen-bond acceptors (Lipinski definition) is 8. The molecule has 10 heteroatoms. The fourth-order valence-corrected chi connectivity index (χ4v) is 4.05. The summed E-state index contributed by atoms with van der Waals surface area (Å²) >= 11 is 0. The van der Waals surface area contributed by atoms with Crippen LogP contribution in [0.2, 0.25) is 0 Å². The minimum atomic E-state index is -0.576. The van der Waals surface area contributed by atoms with E-state index in [-0.39, 0.29) is 5.56 Å². The van der Waals surface area contributed by atoms with Gasteiger partial charge in [-0.2, -0.15) is 10.4 Å². The fraction of sp³-hybridized carbons (Fsp3) is 0.360. The number of methoxy groups -OCH3 is 1. The van der Waals surface area contributed by atoms with Gasteiger partial charge in [-0.3, -0.25) is 4.90 Å². The lowest BCUT2D eigenvalue weighted by Gasteiger charge is -2.37. The van der Waals surface area contributed by atoms with Crippen molar-refractivity contribution in [1.82, 2.24) is 9.80 Å². The minimum absolute atomic E-state index is 0.284. The Balaban J connectivity index is 1.47. The predicted octanol–water partition coefficient (Wildman–Crippen LogP) is 1.65. The highest BCUT2D eigenvalue weighted by Crippen LogP contribution is 2.18. The summed E-state index contributed by atoms with van der Waals surface area (Å²) in [6, 6.07) is 14.8. The molecule has 0 bridgehead atoms. The van der Waals surface area contributed by atoms with Crippen LogP contribution >= 0.6 is 0 Å². The van der Waals surface area contributed by atoms with Crippen molar-refractivity contribution < 1.29 is 14.6 Å². The van der Waals surface area contributed by atoms with Gasteiger partial charge in [0.1, 0.15) is 18.0 Å². The molecule has 0 amide bonds. The number of esters is 1. The molecule has 1 aliphatic rings. The zero-order chi connectivity index (χ0) is 25.2. The molecule has 0 saturated carbocycles. The van der Waals surface area contributed by atoms with E-state index in [2.05, 4.69) is 25.9 Å². The Bertz CT molecular complexity index is 1110. The summed E-state index contributed by atoms with van der Waals surface area (Å²) in [5.74, 6) is 4.65. The Labute approximate surface area is 205 Å². The molecular formula is C25H30N7O3+. The van der Waals surface area contributed by atoms with Crippen LogP contribution < -0.4 is 10.9 Å². The number of carbonyl (C=O) groups is 1. The van der Waals surface area contributed by atoms with Gasteiger partial charge in [0.25, 0.3) is 0 Å². The standard InChI is InChI=1S/C25H30N7O3/c1-28-32(18-29-27)22-6-3-19(4-7-22)16-24(33)31-13-11-30(12-14-31)10-9-20-5-8-23(25(34)35-2)21(15-20)17-26/h1,3-8,15,18,24,33H,9-14,16,27H2,2H3/q+1. The van der Waals surface area contributed by atoms with E-state index in [4.69, 9.17) is 17.2 Å². The van der Waals surface area contributed by atoms with Crippen molar-refractivity contribution in [2.24, 2.45) is 10.9 Å². The molecule has 1 atom stereocenters. The first-order chi connectivity index (χ1) is 17.0. The number of anilines is 1. The summed E-state index contributed by atoms with van der Waals surface area (Å²) in [5.41, 5.74) is 3.32. The van der Waals surface area contributed by atoms with E-state index in [0.717, 1.165) is 56.0 Å². The van der Waals surface area contributed by atoms with E-state index in [1.807, 2.05) is 30.3 Å². The first-order valence-corrected chi connectivity index (χ1v) is 11.3. The summed E-state index contributed by atoms with van der Waals surface area (Å²) in [6.07, 6.45) is 2.01. The Morgan fingerprint density at radius 2 is 1.97 bits per heavy atom. The number of benzene rings is 2. The van der Waals surface area contributed by atoms with Crippen molar-refractivity contribution in [3.05, 3.63) is 69.7 Å². The topological polar surface area (TPSA) is 123 Å². The van der Waals surface area contributed by atoms with Gasteiger partial charge >= 0.3 is 12.5 Å².